The number of hydrogen-bond donors (Lipinski definition) is 2. The van der Waals surface area contributed by atoms with E-state index >= 15 is 0 Å². The van der Waals surface area contributed by atoms with E-state index in [0.717, 1.165) is 6.07 Å². The summed E-state index contributed by atoms with van der Waals surface area (Å²) in [7, 11) is 0. The molecule has 0 fully saturated rings. The summed E-state index contributed by atoms with van der Waals surface area (Å²) in [6.45, 7) is 1.86. The molecule has 0 saturated carbocycles. The smallest absolute Gasteiger partial charge is 0.248 e. The molecule has 120 valence electrons. The highest BCUT2D eigenvalue weighted by Gasteiger charge is 2.18. The highest BCUT2D eigenvalue weighted by atomic mass is 35.5. The van der Waals surface area contributed by atoms with Crippen molar-refractivity contribution < 1.29 is 8.78 Å². The Kier molecular flexibility index (Phi) is 4.65. The third kappa shape index (κ3) is 2.90. The molecule has 3 rings (SSSR count). The molecule has 0 aliphatic carbocycles. The van der Waals surface area contributed by atoms with Crippen LogP contribution in [0.2, 0.25) is 0 Å². The van der Waals surface area contributed by atoms with Crippen molar-refractivity contribution in [3.05, 3.63) is 58.0 Å². The van der Waals surface area contributed by atoms with Gasteiger partial charge in [-0.3, -0.25) is 4.79 Å². The number of anilines is 1. The standard InChI is InChI=1S/C16H13F2N3O.ClH/c1-2-12-9(3-5-13(19)20-12)15-11(18)7-10(17)8-4-6-14(22)21-16(8)15;/h3-7H,2H2,1H3,(H2,19,20)(H,21,22);1H. The van der Waals surface area contributed by atoms with Crippen LogP contribution in [0.15, 0.2) is 35.1 Å². The number of H-pyrrole nitrogens is 1. The van der Waals surface area contributed by atoms with Crippen LogP contribution in [0.1, 0.15) is 12.6 Å². The molecule has 4 nitrogen and oxygen atoms in total. The second-order valence-corrected chi connectivity index (χ2v) is 4.91. The molecule has 1 aromatic carbocycles. The first kappa shape index (κ1) is 16.9. The van der Waals surface area contributed by atoms with Crippen LogP contribution < -0.4 is 11.3 Å². The Morgan fingerprint density at radius 2 is 1.91 bits per heavy atom. The molecule has 0 atom stereocenters. The predicted molar refractivity (Wildman–Crippen MR) is 88.8 cm³/mol. The van der Waals surface area contributed by atoms with E-state index in [1.54, 1.807) is 12.1 Å². The number of benzene rings is 1. The molecule has 23 heavy (non-hydrogen) atoms. The fourth-order valence-corrected chi connectivity index (χ4v) is 2.53. The third-order valence-electron chi connectivity index (χ3n) is 3.52. The van der Waals surface area contributed by atoms with Gasteiger partial charge in [0.25, 0.3) is 0 Å². The van der Waals surface area contributed by atoms with Crippen molar-refractivity contribution in [3.8, 4) is 11.1 Å². The molecule has 3 N–H and O–H groups in total. The normalized spacial score (nSPS) is 10.6. The highest BCUT2D eigenvalue weighted by molar-refractivity contribution is 5.94. The number of nitrogens with two attached hydrogens (primary N) is 1. The lowest BCUT2D eigenvalue weighted by atomic mass is 9.98. The van der Waals surface area contributed by atoms with Crippen molar-refractivity contribution >= 4 is 29.1 Å². The lowest BCUT2D eigenvalue weighted by molar-refractivity contribution is 0.593. The average Bonchev–Trinajstić information content (AvgIpc) is 2.48. The van der Waals surface area contributed by atoms with E-state index in [4.69, 9.17) is 5.73 Å². The Hall–Kier alpha value is -2.47. The molecule has 2 heterocycles. The van der Waals surface area contributed by atoms with Crippen molar-refractivity contribution in [2.45, 2.75) is 13.3 Å². The molecule has 0 amide bonds. The van der Waals surface area contributed by atoms with E-state index in [1.807, 2.05) is 6.92 Å². The van der Waals surface area contributed by atoms with E-state index < -0.39 is 17.2 Å². The van der Waals surface area contributed by atoms with Gasteiger partial charge in [-0.05, 0) is 24.6 Å². The largest absolute Gasteiger partial charge is 0.384 e. The quantitative estimate of drug-likeness (QED) is 0.752. The molecule has 0 bridgehead atoms. The van der Waals surface area contributed by atoms with Crippen LogP contribution >= 0.6 is 12.4 Å². The molecule has 3 aromatic rings. The Balaban J connectivity index is 0.00000192. The second-order valence-electron chi connectivity index (χ2n) is 4.91. The van der Waals surface area contributed by atoms with Crippen LogP contribution in [-0.2, 0) is 6.42 Å². The fourth-order valence-electron chi connectivity index (χ4n) is 2.53. The Labute approximate surface area is 136 Å². The van der Waals surface area contributed by atoms with Gasteiger partial charge in [0.05, 0.1) is 11.2 Å². The number of rotatable bonds is 2. The predicted octanol–water partition coefficient (Wildman–Crippen LogP) is 3.43. The van der Waals surface area contributed by atoms with Crippen molar-refractivity contribution in [2.24, 2.45) is 0 Å². The van der Waals surface area contributed by atoms with Crippen LogP contribution in [0.3, 0.4) is 0 Å². The molecule has 0 aliphatic rings. The minimum atomic E-state index is -0.756. The van der Waals surface area contributed by atoms with Crippen LogP contribution in [0, 0.1) is 11.6 Å². The van der Waals surface area contributed by atoms with E-state index in [2.05, 4.69) is 9.97 Å². The fraction of sp³-hybridized carbons (Fsp3) is 0.125. The van der Waals surface area contributed by atoms with Gasteiger partial charge < -0.3 is 10.7 Å². The van der Waals surface area contributed by atoms with Crippen molar-refractivity contribution in [1.29, 1.82) is 0 Å². The zero-order valence-electron chi connectivity index (χ0n) is 12.2. The first-order valence-electron chi connectivity index (χ1n) is 6.78. The number of nitrogens with zero attached hydrogens (tertiary/aromatic N) is 1. The summed E-state index contributed by atoms with van der Waals surface area (Å²) in [5.74, 6) is -1.16. The monoisotopic (exact) mass is 337 g/mol. The summed E-state index contributed by atoms with van der Waals surface area (Å²) in [6.07, 6.45) is 0.524. The van der Waals surface area contributed by atoms with Gasteiger partial charge in [-0.2, -0.15) is 0 Å². The molecule has 0 aliphatic heterocycles. The number of pyridine rings is 2. The van der Waals surface area contributed by atoms with Gasteiger partial charge in [0.1, 0.15) is 17.5 Å². The van der Waals surface area contributed by atoms with Gasteiger partial charge in [0, 0.05) is 28.6 Å². The summed E-state index contributed by atoms with van der Waals surface area (Å²) >= 11 is 0. The average molecular weight is 338 g/mol. The Morgan fingerprint density at radius 3 is 2.61 bits per heavy atom. The van der Waals surface area contributed by atoms with Crippen molar-refractivity contribution in [2.75, 3.05) is 5.73 Å². The van der Waals surface area contributed by atoms with Crippen molar-refractivity contribution in [1.82, 2.24) is 9.97 Å². The van der Waals surface area contributed by atoms with E-state index in [1.165, 1.54) is 12.1 Å². The molecule has 0 saturated heterocycles. The van der Waals surface area contributed by atoms with Crippen LogP contribution in [0.5, 0.6) is 0 Å². The zero-order chi connectivity index (χ0) is 15.9. The summed E-state index contributed by atoms with van der Waals surface area (Å²) in [4.78, 5) is 18.3. The first-order chi connectivity index (χ1) is 10.5. The topological polar surface area (TPSA) is 71.8 Å². The number of aryl methyl sites for hydroxylation is 1. The van der Waals surface area contributed by atoms with E-state index in [0.29, 0.717) is 23.5 Å². The summed E-state index contributed by atoms with van der Waals surface area (Å²) in [6, 6.07) is 6.52. The maximum atomic E-state index is 14.4. The third-order valence-corrected chi connectivity index (χ3v) is 3.52. The maximum Gasteiger partial charge on any atom is 0.248 e. The minimum Gasteiger partial charge on any atom is -0.384 e. The molecule has 7 heteroatoms. The number of aromatic amines is 1. The zero-order valence-corrected chi connectivity index (χ0v) is 13.0. The molecule has 0 radical (unpaired) electrons. The SMILES string of the molecule is CCc1nc(N)ccc1-c1c(F)cc(F)c2ccc(=O)[nH]c12.Cl. The second kappa shape index (κ2) is 6.34. The summed E-state index contributed by atoms with van der Waals surface area (Å²) in [5.41, 5.74) is 6.53. The van der Waals surface area contributed by atoms with Gasteiger partial charge in [-0.15, -0.1) is 12.4 Å². The Morgan fingerprint density at radius 1 is 1.17 bits per heavy atom. The molecule has 2 aromatic heterocycles. The molecular formula is C16H14ClF2N3O. The van der Waals surface area contributed by atoms with Gasteiger partial charge in [-0.1, -0.05) is 6.92 Å². The molecule has 0 unspecified atom stereocenters. The van der Waals surface area contributed by atoms with E-state index in [9.17, 15) is 13.6 Å². The number of nitrogens with one attached hydrogen (secondary N) is 1. The van der Waals surface area contributed by atoms with Crippen LogP contribution in [0.4, 0.5) is 14.6 Å². The van der Waals surface area contributed by atoms with Gasteiger partial charge in [0.15, 0.2) is 0 Å². The number of nitrogen functional groups attached to an aromatic ring is 1. The summed E-state index contributed by atoms with van der Waals surface area (Å²) in [5, 5.41) is 0.148. The number of halogens is 3. The van der Waals surface area contributed by atoms with Gasteiger partial charge >= 0.3 is 0 Å². The van der Waals surface area contributed by atoms with Crippen LogP contribution in [-0.4, -0.2) is 9.97 Å². The number of hydrogen-bond acceptors (Lipinski definition) is 3. The maximum absolute atomic E-state index is 14.4. The lowest BCUT2D eigenvalue weighted by Gasteiger charge is -2.12. The summed E-state index contributed by atoms with van der Waals surface area (Å²) < 4.78 is 28.3. The number of aromatic nitrogens is 2. The first-order valence-corrected chi connectivity index (χ1v) is 6.78. The highest BCUT2D eigenvalue weighted by Crippen LogP contribution is 2.33. The van der Waals surface area contributed by atoms with Gasteiger partial charge in [-0.25, -0.2) is 13.8 Å². The Bertz CT molecular complexity index is 940. The van der Waals surface area contributed by atoms with Crippen LogP contribution in [0.25, 0.3) is 22.0 Å². The minimum absolute atomic E-state index is 0. The number of fused-ring (bicyclic) bond motifs is 1. The lowest BCUT2D eigenvalue weighted by Crippen LogP contribution is -2.06. The van der Waals surface area contributed by atoms with E-state index in [-0.39, 0.29) is 28.9 Å². The van der Waals surface area contributed by atoms with Crippen molar-refractivity contribution in [3.63, 3.8) is 0 Å². The molecule has 0 spiro atoms. The molecular weight excluding hydrogens is 324 g/mol. The van der Waals surface area contributed by atoms with Gasteiger partial charge in [0.2, 0.25) is 5.56 Å².